The van der Waals surface area contributed by atoms with Gasteiger partial charge >= 0.3 is 0 Å². The highest BCUT2D eigenvalue weighted by Gasteiger charge is 2.23. The van der Waals surface area contributed by atoms with Crippen LogP contribution in [0.4, 0.5) is 0 Å². The minimum absolute atomic E-state index is 0.0556. The van der Waals surface area contributed by atoms with E-state index in [0.717, 1.165) is 31.0 Å². The van der Waals surface area contributed by atoms with Gasteiger partial charge in [-0.05, 0) is 43.0 Å². The lowest BCUT2D eigenvalue weighted by atomic mass is 9.86. The van der Waals surface area contributed by atoms with Crippen LogP contribution in [0.15, 0.2) is 34.2 Å². The van der Waals surface area contributed by atoms with Gasteiger partial charge in [-0.25, -0.2) is 4.98 Å². The summed E-state index contributed by atoms with van der Waals surface area (Å²) >= 11 is 1.16. The fourth-order valence-corrected chi connectivity index (χ4v) is 4.17. The van der Waals surface area contributed by atoms with Crippen molar-refractivity contribution < 1.29 is 9.53 Å². The second-order valence-electron chi connectivity index (χ2n) is 7.16. The van der Waals surface area contributed by atoms with Gasteiger partial charge in [0, 0.05) is 11.6 Å². The number of hydrogen-bond acceptors (Lipinski definition) is 6. The van der Waals surface area contributed by atoms with E-state index in [1.807, 2.05) is 6.07 Å². The zero-order valence-electron chi connectivity index (χ0n) is 16.5. The molecule has 1 aromatic carbocycles. The Hall–Kier alpha value is -2.79. The zero-order chi connectivity index (χ0) is 20.8. The lowest BCUT2D eigenvalue weighted by Crippen LogP contribution is -2.41. The minimum atomic E-state index is -0.517. The number of rotatable bonds is 6. The first kappa shape index (κ1) is 20.9. The monoisotopic (exact) mass is 412 g/mol. The molecule has 1 aliphatic carbocycles. The molecule has 1 aliphatic rings. The number of nitrogens with one attached hydrogen (secondary N) is 2. The Morgan fingerprint density at radius 1 is 1.34 bits per heavy atom. The van der Waals surface area contributed by atoms with E-state index in [9.17, 15) is 14.9 Å². The summed E-state index contributed by atoms with van der Waals surface area (Å²) in [5, 5.41) is 12.8. The zero-order valence-corrected chi connectivity index (χ0v) is 17.3. The molecule has 29 heavy (non-hydrogen) atoms. The standard InChI is InChI=1S/C21H24N4O3S/c1-13-5-3-4-6-17(13)23-18(26)12-29-21-24-19(16(11-22)20(27)25-21)14-7-9-15(28-2)10-8-14/h7-10,13,17H,3-6,12H2,1-2H3,(H,23,26)(H,24,25,27)/t13-,17+/m1/s1. The van der Waals surface area contributed by atoms with Crippen LogP contribution in [0.1, 0.15) is 38.2 Å². The summed E-state index contributed by atoms with van der Waals surface area (Å²) < 4.78 is 5.14. The average molecular weight is 413 g/mol. The van der Waals surface area contributed by atoms with Crippen LogP contribution in [0.25, 0.3) is 11.3 Å². The molecule has 0 bridgehead atoms. The molecule has 8 heteroatoms. The molecule has 0 spiro atoms. The average Bonchev–Trinajstić information content (AvgIpc) is 2.73. The first-order chi connectivity index (χ1) is 14.0. The molecule has 1 saturated carbocycles. The molecule has 7 nitrogen and oxygen atoms in total. The largest absolute Gasteiger partial charge is 0.497 e. The summed E-state index contributed by atoms with van der Waals surface area (Å²) in [5.74, 6) is 1.22. The smallest absolute Gasteiger partial charge is 0.270 e. The van der Waals surface area contributed by atoms with Crippen LogP contribution in [-0.4, -0.2) is 34.8 Å². The molecule has 1 fully saturated rings. The minimum Gasteiger partial charge on any atom is -0.497 e. The Morgan fingerprint density at radius 3 is 2.72 bits per heavy atom. The molecule has 0 aliphatic heterocycles. The van der Waals surface area contributed by atoms with Crippen molar-refractivity contribution in [2.75, 3.05) is 12.9 Å². The van der Waals surface area contributed by atoms with Crippen LogP contribution in [0.5, 0.6) is 5.75 Å². The lowest BCUT2D eigenvalue weighted by Gasteiger charge is -2.29. The Morgan fingerprint density at radius 2 is 2.07 bits per heavy atom. The molecule has 2 N–H and O–H groups in total. The van der Waals surface area contributed by atoms with Crippen LogP contribution >= 0.6 is 11.8 Å². The van der Waals surface area contributed by atoms with Crippen molar-refractivity contribution in [2.24, 2.45) is 5.92 Å². The normalized spacial score (nSPS) is 18.7. The highest BCUT2D eigenvalue weighted by molar-refractivity contribution is 7.99. The van der Waals surface area contributed by atoms with Gasteiger partial charge in [-0.2, -0.15) is 5.26 Å². The Bertz CT molecular complexity index is 965. The molecule has 1 amide bonds. The highest BCUT2D eigenvalue weighted by atomic mass is 32.2. The van der Waals surface area contributed by atoms with Crippen molar-refractivity contribution in [3.8, 4) is 23.1 Å². The predicted octanol–water partition coefficient (Wildman–Crippen LogP) is 3.10. The van der Waals surface area contributed by atoms with Gasteiger partial charge in [0.15, 0.2) is 5.16 Å². The number of nitrogens with zero attached hydrogens (tertiary/aromatic N) is 2. The number of thioether (sulfide) groups is 1. The number of hydrogen-bond donors (Lipinski definition) is 2. The van der Waals surface area contributed by atoms with Gasteiger partial charge in [-0.3, -0.25) is 9.59 Å². The van der Waals surface area contributed by atoms with Gasteiger partial charge in [-0.15, -0.1) is 0 Å². The Kier molecular flexibility index (Phi) is 6.94. The van der Waals surface area contributed by atoms with Crippen molar-refractivity contribution >= 4 is 17.7 Å². The van der Waals surface area contributed by atoms with Crippen molar-refractivity contribution in [2.45, 2.75) is 43.8 Å². The molecule has 1 aromatic heterocycles. The van der Waals surface area contributed by atoms with E-state index in [2.05, 4.69) is 22.2 Å². The fraction of sp³-hybridized carbons (Fsp3) is 0.429. The van der Waals surface area contributed by atoms with E-state index in [1.54, 1.807) is 31.4 Å². The van der Waals surface area contributed by atoms with Crippen molar-refractivity contribution in [3.63, 3.8) is 0 Å². The molecule has 3 rings (SSSR count). The number of carbonyl (C=O) groups is 1. The Balaban J connectivity index is 1.74. The van der Waals surface area contributed by atoms with Crippen molar-refractivity contribution in [3.05, 3.63) is 40.2 Å². The van der Waals surface area contributed by atoms with Gasteiger partial charge in [0.05, 0.1) is 18.6 Å². The number of nitriles is 1. The van der Waals surface area contributed by atoms with Gasteiger partial charge in [0.1, 0.15) is 17.4 Å². The number of benzene rings is 1. The summed E-state index contributed by atoms with van der Waals surface area (Å²) in [6, 6.07) is 9.09. The number of amides is 1. The third-order valence-electron chi connectivity index (χ3n) is 5.17. The van der Waals surface area contributed by atoms with Crippen LogP contribution in [0.2, 0.25) is 0 Å². The molecular weight excluding hydrogens is 388 g/mol. The summed E-state index contributed by atoms with van der Waals surface area (Å²) in [6.07, 6.45) is 4.49. The van der Waals surface area contributed by atoms with Crippen LogP contribution in [0.3, 0.4) is 0 Å². The summed E-state index contributed by atoms with van der Waals surface area (Å²) in [7, 11) is 1.56. The van der Waals surface area contributed by atoms with Gasteiger partial charge in [0.25, 0.3) is 5.56 Å². The molecule has 2 atom stereocenters. The molecule has 152 valence electrons. The second kappa shape index (κ2) is 9.61. The van der Waals surface area contributed by atoms with E-state index < -0.39 is 5.56 Å². The van der Waals surface area contributed by atoms with Gasteiger partial charge < -0.3 is 15.0 Å². The first-order valence-electron chi connectivity index (χ1n) is 9.63. The third kappa shape index (κ3) is 5.18. The molecule has 0 unspecified atom stereocenters. The number of aromatic nitrogens is 2. The maximum atomic E-state index is 12.3. The van der Waals surface area contributed by atoms with E-state index >= 15 is 0 Å². The first-order valence-corrected chi connectivity index (χ1v) is 10.6. The van der Waals surface area contributed by atoms with Crippen LogP contribution in [-0.2, 0) is 4.79 Å². The number of methoxy groups -OCH3 is 1. The quantitative estimate of drug-likeness (QED) is 0.558. The molecule has 0 saturated heterocycles. The van der Waals surface area contributed by atoms with E-state index in [4.69, 9.17) is 4.74 Å². The summed E-state index contributed by atoms with van der Waals surface area (Å²) in [5.41, 5.74) is 0.357. The summed E-state index contributed by atoms with van der Waals surface area (Å²) in [6.45, 7) is 2.16. The summed E-state index contributed by atoms with van der Waals surface area (Å²) in [4.78, 5) is 31.7. The van der Waals surface area contributed by atoms with Gasteiger partial charge in [0.2, 0.25) is 5.91 Å². The maximum Gasteiger partial charge on any atom is 0.270 e. The SMILES string of the molecule is COc1ccc(-c2nc(SCC(=O)N[C@H]3CCCC[C@H]3C)[nH]c(=O)c2C#N)cc1. The number of aromatic amines is 1. The molecule has 0 radical (unpaired) electrons. The maximum absolute atomic E-state index is 12.3. The van der Waals surface area contributed by atoms with E-state index in [1.165, 1.54) is 6.42 Å². The topological polar surface area (TPSA) is 108 Å². The predicted molar refractivity (Wildman–Crippen MR) is 112 cm³/mol. The number of carbonyl (C=O) groups excluding carboxylic acids is 1. The number of ether oxygens (including phenoxy) is 1. The van der Waals surface area contributed by atoms with E-state index in [-0.39, 0.29) is 23.3 Å². The lowest BCUT2D eigenvalue weighted by molar-refractivity contribution is -0.119. The third-order valence-corrected chi connectivity index (χ3v) is 6.04. The second-order valence-corrected chi connectivity index (χ2v) is 8.12. The molecule has 2 aromatic rings. The van der Waals surface area contributed by atoms with Gasteiger partial charge in [-0.1, -0.05) is 31.5 Å². The van der Waals surface area contributed by atoms with E-state index in [0.29, 0.717) is 28.1 Å². The molecule has 1 heterocycles. The molecular formula is C21H24N4O3S. The van der Waals surface area contributed by atoms with Crippen LogP contribution < -0.4 is 15.6 Å². The van der Waals surface area contributed by atoms with Crippen molar-refractivity contribution in [1.29, 1.82) is 5.26 Å². The van der Waals surface area contributed by atoms with Crippen molar-refractivity contribution in [1.82, 2.24) is 15.3 Å². The Labute approximate surface area is 173 Å². The van der Waals surface area contributed by atoms with Crippen LogP contribution in [0, 0.1) is 17.2 Å². The fourth-order valence-electron chi connectivity index (χ4n) is 3.50. The number of H-pyrrole nitrogens is 1. The highest BCUT2D eigenvalue weighted by Crippen LogP contribution is 2.25.